The minimum absolute atomic E-state index is 0.108. The summed E-state index contributed by atoms with van der Waals surface area (Å²) in [7, 11) is 3.83. The van der Waals surface area contributed by atoms with Gasteiger partial charge in [0.1, 0.15) is 17.2 Å². The number of carbonyl (C=O) groups is 2. The van der Waals surface area contributed by atoms with Crippen LogP contribution in [0.3, 0.4) is 0 Å². The monoisotopic (exact) mass is 453 g/mol. The van der Waals surface area contributed by atoms with E-state index in [2.05, 4.69) is 10.6 Å². The molecule has 8 nitrogen and oxygen atoms in total. The molecule has 0 unspecified atom stereocenters. The minimum atomic E-state index is -0.301. The lowest BCUT2D eigenvalue weighted by Crippen LogP contribution is -2.33. The highest BCUT2D eigenvalue weighted by atomic mass is 32.1. The Balaban J connectivity index is 1.63. The molecule has 0 bridgehead atoms. The molecule has 168 valence electrons. The summed E-state index contributed by atoms with van der Waals surface area (Å²) in [6, 6.07) is 6.85. The zero-order chi connectivity index (χ0) is 22.8. The van der Waals surface area contributed by atoms with Crippen LogP contribution in [0.4, 0.5) is 11.4 Å². The quantitative estimate of drug-likeness (QED) is 0.598. The maximum atomic E-state index is 13.5. The Bertz CT molecular complexity index is 1230. The molecule has 0 saturated carbocycles. The molecule has 0 spiro atoms. The number of amides is 2. The largest absolute Gasteiger partial charge is 0.326 e. The van der Waals surface area contributed by atoms with Crippen molar-refractivity contribution in [1.82, 2.24) is 14.5 Å². The second-order valence-corrected chi connectivity index (χ2v) is 9.44. The SMILES string of the molecule is CC(=O)Nc1ccc(NC(=O)Cn2c(CN(C)C)nc3sc4c(c3c2=O)CCCC4)cc1. The van der Waals surface area contributed by atoms with E-state index in [-0.39, 0.29) is 23.9 Å². The lowest BCUT2D eigenvalue weighted by Gasteiger charge is -2.16. The fraction of sp³-hybridized carbons (Fsp3) is 0.391. The van der Waals surface area contributed by atoms with Crippen molar-refractivity contribution in [3.8, 4) is 0 Å². The third-order valence-corrected chi connectivity index (χ3v) is 6.59. The first-order chi connectivity index (χ1) is 15.3. The number of rotatable bonds is 6. The molecular weight excluding hydrogens is 426 g/mol. The highest BCUT2D eigenvalue weighted by Gasteiger charge is 2.23. The van der Waals surface area contributed by atoms with Crippen LogP contribution in [0.5, 0.6) is 0 Å². The number of nitrogens with one attached hydrogen (secondary N) is 2. The first kappa shape index (κ1) is 22.2. The number of benzene rings is 1. The van der Waals surface area contributed by atoms with Gasteiger partial charge in [-0.05, 0) is 69.6 Å². The summed E-state index contributed by atoms with van der Waals surface area (Å²) in [5.74, 6) is 0.125. The molecule has 0 aliphatic heterocycles. The minimum Gasteiger partial charge on any atom is -0.326 e. The normalized spacial score (nSPS) is 13.2. The highest BCUT2D eigenvalue weighted by Crippen LogP contribution is 2.33. The fourth-order valence-corrected chi connectivity index (χ4v) is 5.30. The van der Waals surface area contributed by atoms with Gasteiger partial charge in [-0.1, -0.05) is 0 Å². The van der Waals surface area contributed by atoms with Crippen LogP contribution in [0.2, 0.25) is 0 Å². The number of aromatic nitrogens is 2. The Morgan fingerprint density at radius 3 is 2.41 bits per heavy atom. The summed E-state index contributed by atoms with van der Waals surface area (Å²) < 4.78 is 1.50. The zero-order valence-corrected chi connectivity index (χ0v) is 19.3. The first-order valence-electron chi connectivity index (χ1n) is 10.7. The average Bonchev–Trinajstić information content (AvgIpc) is 3.10. The van der Waals surface area contributed by atoms with Gasteiger partial charge in [0.25, 0.3) is 5.56 Å². The number of nitrogens with zero attached hydrogens (tertiary/aromatic N) is 3. The summed E-state index contributed by atoms with van der Waals surface area (Å²) in [5.41, 5.74) is 2.22. The van der Waals surface area contributed by atoms with Gasteiger partial charge < -0.3 is 15.5 Å². The van der Waals surface area contributed by atoms with E-state index in [1.165, 1.54) is 16.4 Å². The van der Waals surface area contributed by atoms with Gasteiger partial charge in [-0.25, -0.2) is 4.98 Å². The molecule has 2 heterocycles. The second-order valence-electron chi connectivity index (χ2n) is 8.35. The summed E-state index contributed by atoms with van der Waals surface area (Å²) in [6.07, 6.45) is 4.11. The van der Waals surface area contributed by atoms with E-state index < -0.39 is 0 Å². The number of fused-ring (bicyclic) bond motifs is 3. The van der Waals surface area contributed by atoms with Gasteiger partial charge in [0, 0.05) is 23.2 Å². The van der Waals surface area contributed by atoms with Crippen molar-refractivity contribution in [2.24, 2.45) is 0 Å². The third-order valence-electron chi connectivity index (χ3n) is 5.40. The number of hydrogen-bond donors (Lipinski definition) is 2. The predicted octanol–water partition coefficient (Wildman–Crippen LogP) is 3.00. The van der Waals surface area contributed by atoms with Crippen molar-refractivity contribution in [2.75, 3.05) is 24.7 Å². The molecule has 32 heavy (non-hydrogen) atoms. The number of carbonyl (C=O) groups excluding carboxylic acids is 2. The molecule has 2 aromatic heterocycles. The van der Waals surface area contributed by atoms with Crippen molar-refractivity contribution in [3.05, 3.63) is 50.9 Å². The van der Waals surface area contributed by atoms with Crippen molar-refractivity contribution >= 4 is 44.7 Å². The van der Waals surface area contributed by atoms with Gasteiger partial charge in [-0.2, -0.15) is 0 Å². The molecule has 4 rings (SSSR count). The van der Waals surface area contributed by atoms with Gasteiger partial charge in [0.05, 0.1) is 11.9 Å². The van der Waals surface area contributed by atoms with Crippen LogP contribution >= 0.6 is 11.3 Å². The Labute approximate surface area is 190 Å². The molecule has 2 N–H and O–H groups in total. The predicted molar refractivity (Wildman–Crippen MR) is 127 cm³/mol. The van der Waals surface area contributed by atoms with Gasteiger partial charge >= 0.3 is 0 Å². The van der Waals surface area contributed by atoms with Crippen LogP contribution in [0.25, 0.3) is 10.2 Å². The van der Waals surface area contributed by atoms with Crippen LogP contribution in [-0.2, 0) is 35.5 Å². The van der Waals surface area contributed by atoms with Crippen molar-refractivity contribution in [2.45, 2.75) is 45.7 Å². The van der Waals surface area contributed by atoms with Crippen molar-refractivity contribution < 1.29 is 9.59 Å². The standard InChI is InChI=1S/C23H27N5O3S/c1-14(29)24-15-8-10-16(11-9-15)25-20(30)13-28-19(12-27(2)3)26-22-21(23(28)31)17-6-4-5-7-18(17)32-22/h8-11H,4-7,12-13H2,1-3H3,(H,24,29)(H,25,30). The molecule has 0 atom stereocenters. The Morgan fingerprint density at radius 1 is 1.09 bits per heavy atom. The smallest absolute Gasteiger partial charge is 0.263 e. The molecule has 1 aromatic carbocycles. The van der Waals surface area contributed by atoms with Gasteiger partial charge in [-0.3, -0.25) is 19.0 Å². The van der Waals surface area contributed by atoms with E-state index in [9.17, 15) is 14.4 Å². The fourth-order valence-electron chi connectivity index (χ4n) is 4.03. The Hall–Kier alpha value is -3.04. The molecule has 9 heteroatoms. The van der Waals surface area contributed by atoms with Crippen LogP contribution in [0.15, 0.2) is 29.1 Å². The number of thiophene rings is 1. The Kier molecular flexibility index (Phi) is 6.38. The molecular formula is C23H27N5O3S. The van der Waals surface area contributed by atoms with Crippen LogP contribution in [0.1, 0.15) is 36.0 Å². The molecule has 2 amide bonds. The van der Waals surface area contributed by atoms with E-state index in [0.29, 0.717) is 29.1 Å². The maximum absolute atomic E-state index is 13.5. The summed E-state index contributed by atoms with van der Waals surface area (Å²) in [5, 5.41) is 6.20. The summed E-state index contributed by atoms with van der Waals surface area (Å²) in [4.78, 5) is 46.2. The first-order valence-corrected chi connectivity index (χ1v) is 11.5. The zero-order valence-electron chi connectivity index (χ0n) is 18.5. The van der Waals surface area contributed by atoms with Gasteiger partial charge in [-0.15, -0.1) is 11.3 Å². The van der Waals surface area contributed by atoms with E-state index in [4.69, 9.17) is 4.98 Å². The molecule has 0 fully saturated rings. The van der Waals surface area contributed by atoms with E-state index in [0.717, 1.165) is 36.1 Å². The van der Waals surface area contributed by atoms with Crippen molar-refractivity contribution in [3.63, 3.8) is 0 Å². The van der Waals surface area contributed by atoms with Crippen molar-refractivity contribution in [1.29, 1.82) is 0 Å². The Morgan fingerprint density at radius 2 is 1.75 bits per heavy atom. The molecule has 1 aliphatic rings. The van der Waals surface area contributed by atoms with E-state index >= 15 is 0 Å². The molecule has 3 aromatic rings. The van der Waals surface area contributed by atoms with E-state index in [1.54, 1.807) is 35.6 Å². The van der Waals surface area contributed by atoms with E-state index in [1.807, 2.05) is 19.0 Å². The van der Waals surface area contributed by atoms with Crippen LogP contribution in [0, 0.1) is 0 Å². The average molecular weight is 454 g/mol. The van der Waals surface area contributed by atoms with Crippen LogP contribution < -0.4 is 16.2 Å². The highest BCUT2D eigenvalue weighted by molar-refractivity contribution is 7.18. The van der Waals surface area contributed by atoms with Gasteiger partial charge in [0.15, 0.2) is 0 Å². The lowest BCUT2D eigenvalue weighted by atomic mass is 9.97. The number of hydrogen-bond acceptors (Lipinski definition) is 6. The third kappa shape index (κ3) is 4.73. The van der Waals surface area contributed by atoms with Crippen LogP contribution in [-0.4, -0.2) is 40.4 Å². The molecule has 0 saturated heterocycles. The lowest BCUT2D eigenvalue weighted by molar-refractivity contribution is -0.117. The summed E-state index contributed by atoms with van der Waals surface area (Å²) in [6.45, 7) is 1.80. The second kappa shape index (κ2) is 9.22. The maximum Gasteiger partial charge on any atom is 0.263 e. The van der Waals surface area contributed by atoms with Gasteiger partial charge in [0.2, 0.25) is 11.8 Å². The molecule has 1 aliphatic carbocycles. The topological polar surface area (TPSA) is 96.3 Å². The number of aryl methyl sites for hydroxylation is 2. The summed E-state index contributed by atoms with van der Waals surface area (Å²) >= 11 is 1.62. The molecule has 0 radical (unpaired) electrons. The number of anilines is 2.